The van der Waals surface area contributed by atoms with Gasteiger partial charge in [-0.15, -0.1) is 0 Å². The van der Waals surface area contributed by atoms with Gasteiger partial charge in [-0.2, -0.15) is 0 Å². The van der Waals surface area contributed by atoms with Crippen LogP contribution in [-0.4, -0.2) is 6.71 Å². The van der Waals surface area contributed by atoms with Gasteiger partial charge in [-0.1, -0.05) is 317 Å². The molecule has 0 atom stereocenters. The summed E-state index contributed by atoms with van der Waals surface area (Å²) in [6, 6.07) is 116. The van der Waals surface area contributed by atoms with Gasteiger partial charge in [0.15, 0.2) is 0 Å². The number of nitrogens with zero attached hydrogens (tertiary/aromatic N) is 2. The van der Waals surface area contributed by atoms with Crippen molar-refractivity contribution in [3.63, 3.8) is 0 Å². The zero-order valence-electron chi connectivity index (χ0n) is 55.3. The van der Waals surface area contributed by atoms with Crippen molar-refractivity contribution in [1.29, 1.82) is 0 Å². The lowest BCUT2D eigenvalue weighted by molar-refractivity contribution is 0.590. The monoisotopic (exact) mass is 1210 g/mol. The third-order valence-corrected chi connectivity index (χ3v) is 20.4. The van der Waals surface area contributed by atoms with Crippen LogP contribution in [0, 0.1) is 0 Å². The van der Waals surface area contributed by atoms with E-state index in [-0.39, 0.29) is 23.0 Å². The van der Waals surface area contributed by atoms with Crippen LogP contribution in [0.25, 0.3) is 66.8 Å². The molecule has 0 saturated carbocycles. The van der Waals surface area contributed by atoms with Crippen molar-refractivity contribution in [1.82, 2.24) is 0 Å². The first-order valence-electron chi connectivity index (χ1n) is 33.5. The molecule has 0 unspecified atom stereocenters. The Balaban J connectivity index is 1.10. The molecule has 0 aromatic heterocycles. The van der Waals surface area contributed by atoms with Gasteiger partial charge in [-0.05, 0) is 170 Å². The van der Waals surface area contributed by atoms with Gasteiger partial charge in [0.1, 0.15) is 0 Å². The highest BCUT2D eigenvalue weighted by Crippen LogP contribution is 2.60. The lowest BCUT2D eigenvalue weighted by Crippen LogP contribution is -2.61. The summed E-state index contributed by atoms with van der Waals surface area (Å²) in [7, 11) is 0. The zero-order valence-corrected chi connectivity index (χ0v) is 55.3. The fraction of sp³-hybridized carbons (Fsp3) is 0.143. The molecule has 0 saturated heterocycles. The highest BCUT2D eigenvalue weighted by Gasteiger charge is 2.49. The van der Waals surface area contributed by atoms with Crippen LogP contribution in [0.2, 0.25) is 0 Å². The Bertz CT molecular complexity index is 4970. The van der Waals surface area contributed by atoms with E-state index >= 15 is 0 Å². The number of fused-ring (bicyclic) bond motifs is 7. The maximum absolute atomic E-state index is 2.70. The Hall–Kier alpha value is -10.5. The third kappa shape index (κ3) is 9.53. The Labute approximate surface area is 556 Å². The zero-order chi connectivity index (χ0) is 64.3. The first kappa shape index (κ1) is 58.6. The predicted octanol–water partition coefficient (Wildman–Crippen LogP) is 22.4. The van der Waals surface area contributed by atoms with E-state index in [1.807, 2.05) is 0 Å². The molecule has 2 aliphatic heterocycles. The van der Waals surface area contributed by atoms with E-state index in [2.05, 4.69) is 375 Å². The normalized spacial score (nSPS) is 13.6. The van der Waals surface area contributed by atoms with Gasteiger partial charge in [-0.3, -0.25) is 0 Å². The highest BCUT2D eigenvalue weighted by molar-refractivity contribution is 7.00. The maximum atomic E-state index is 2.70. The molecule has 0 bridgehead atoms. The number of rotatable bonds is 9. The van der Waals surface area contributed by atoms with Gasteiger partial charge in [-0.25, -0.2) is 0 Å². The van der Waals surface area contributed by atoms with E-state index in [9.17, 15) is 0 Å². The van der Waals surface area contributed by atoms with E-state index in [0.717, 1.165) is 34.0 Å². The van der Waals surface area contributed by atoms with Crippen LogP contribution in [0.5, 0.6) is 0 Å². The predicted molar refractivity (Wildman–Crippen MR) is 401 cm³/mol. The molecule has 0 N–H and O–H groups in total. The summed E-state index contributed by atoms with van der Waals surface area (Å²) in [5.41, 5.74) is 32.9. The van der Waals surface area contributed by atoms with Crippen molar-refractivity contribution in [3.05, 3.63) is 342 Å². The van der Waals surface area contributed by atoms with E-state index in [1.54, 1.807) is 0 Å². The van der Waals surface area contributed by atoms with Crippen LogP contribution in [0.3, 0.4) is 0 Å². The molecule has 0 radical (unpaired) electrons. The van der Waals surface area contributed by atoms with Crippen LogP contribution >= 0.6 is 0 Å². The largest absolute Gasteiger partial charge is 0.311 e. The number of para-hydroxylation sites is 1. The number of hydrogen-bond acceptors (Lipinski definition) is 2. The van der Waals surface area contributed by atoms with Crippen molar-refractivity contribution < 1.29 is 0 Å². The molecule has 454 valence electrons. The summed E-state index contributed by atoms with van der Waals surface area (Å²) in [6.07, 6.45) is 0. The smallest absolute Gasteiger partial charge is 0.252 e. The molecule has 0 amide bonds. The quantitative estimate of drug-likeness (QED) is 0.133. The first-order valence-corrected chi connectivity index (χ1v) is 33.5. The van der Waals surface area contributed by atoms with Crippen molar-refractivity contribution in [2.24, 2.45) is 0 Å². The van der Waals surface area contributed by atoms with E-state index in [4.69, 9.17) is 0 Å². The van der Waals surface area contributed by atoms with Crippen LogP contribution in [0.15, 0.2) is 303 Å². The molecular formula is C91H77BN2. The van der Waals surface area contributed by atoms with E-state index in [1.165, 1.54) is 122 Å². The minimum Gasteiger partial charge on any atom is -0.311 e. The van der Waals surface area contributed by atoms with Gasteiger partial charge in [0, 0.05) is 39.4 Å². The maximum Gasteiger partial charge on any atom is 0.252 e. The molecule has 94 heavy (non-hydrogen) atoms. The minimum atomic E-state index is -0.674. The number of anilines is 6. The summed E-state index contributed by atoms with van der Waals surface area (Å²) >= 11 is 0. The van der Waals surface area contributed by atoms with Crippen molar-refractivity contribution >= 4 is 57.2 Å². The highest BCUT2D eigenvalue weighted by atomic mass is 15.2. The minimum absolute atomic E-state index is 0.0306. The molecule has 0 fully saturated rings. The van der Waals surface area contributed by atoms with Crippen molar-refractivity contribution in [2.45, 2.75) is 84.0 Å². The second kappa shape index (κ2) is 22.4. The Morgan fingerprint density at radius 2 is 0.713 bits per heavy atom. The summed E-state index contributed by atoms with van der Waals surface area (Å²) in [4.78, 5) is 5.37. The summed E-state index contributed by atoms with van der Waals surface area (Å²) in [5, 5.41) is 0. The number of hydrogen-bond donors (Lipinski definition) is 0. The molecule has 1 aliphatic carbocycles. The van der Waals surface area contributed by atoms with Crippen LogP contribution in [-0.2, 0) is 21.7 Å². The fourth-order valence-electron chi connectivity index (χ4n) is 15.7. The Kier molecular flexibility index (Phi) is 14.0. The Morgan fingerprint density at radius 1 is 0.266 bits per heavy atom. The average Bonchev–Trinajstić information content (AvgIpc) is 1.19. The van der Waals surface area contributed by atoms with Crippen molar-refractivity contribution in [2.75, 3.05) is 9.80 Å². The van der Waals surface area contributed by atoms with Crippen LogP contribution in [0.1, 0.15) is 101 Å². The standard InChI is InChI=1S/C91H77BN2/c1-88(2,3)68-42-29-37-63(53-68)64-49-51-82-79(54-64)92-78-47-27-28-48-81(78)94(87-75(61-33-17-11-18-34-61)58-70(90(7,8)9)59-76(87)62-35-19-12-20-36-62)84-56-65(55-83(86(84)92)93(82)80-52-50-69(89(4,5)6)57-74(80)60-31-15-10-16-32-60)71-44-30-45-73-72-43-25-26-46-77(72)91(85(71)73,66-38-21-13-22-39-66)67-40-23-14-24-41-67/h10-59H,1-9H3. The molecule has 2 nitrogen and oxygen atoms in total. The molecular weight excluding hydrogens is 1130 g/mol. The molecule has 16 rings (SSSR count). The lowest BCUT2D eigenvalue weighted by Gasteiger charge is -2.46. The van der Waals surface area contributed by atoms with Gasteiger partial charge in [0.05, 0.1) is 16.8 Å². The van der Waals surface area contributed by atoms with Gasteiger partial charge < -0.3 is 9.80 Å². The molecule has 3 aliphatic rings. The van der Waals surface area contributed by atoms with Crippen molar-refractivity contribution in [3.8, 4) is 66.8 Å². The topological polar surface area (TPSA) is 6.48 Å². The van der Waals surface area contributed by atoms with Gasteiger partial charge in [0.2, 0.25) is 0 Å². The summed E-state index contributed by atoms with van der Waals surface area (Å²) in [6.45, 7) is 20.8. The van der Waals surface area contributed by atoms with Gasteiger partial charge >= 0.3 is 0 Å². The lowest BCUT2D eigenvalue weighted by atomic mass is 9.33. The fourth-order valence-corrected chi connectivity index (χ4v) is 15.7. The number of benzene rings is 13. The molecule has 2 heterocycles. The molecule has 13 aromatic rings. The summed E-state index contributed by atoms with van der Waals surface area (Å²) in [5.74, 6) is 0. The first-order chi connectivity index (χ1) is 45.6. The Morgan fingerprint density at radius 3 is 1.32 bits per heavy atom. The molecule has 3 heteroatoms. The van der Waals surface area contributed by atoms with Crippen LogP contribution < -0.4 is 26.2 Å². The molecule has 0 spiro atoms. The average molecular weight is 1210 g/mol. The van der Waals surface area contributed by atoms with E-state index < -0.39 is 5.41 Å². The SMILES string of the molecule is CC(C)(C)c1cccc(-c2ccc3c(c2)B2c4ccccc4N(c4c(-c5ccccc5)cc(C(C)(C)C)cc4-c4ccccc4)c4cc(-c5cccc6c5C(c5ccccc5)(c5ccccc5)c5ccccc5-6)cc(c42)N3c2ccc(C(C)(C)C)cc2-c2ccccc2)c1. The second-order valence-electron chi connectivity index (χ2n) is 29.2. The van der Waals surface area contributed by atoms with Crippen LogP contribution in [0.4, 0.5) is 34.1 Å². The van der Waals surface area contributed by atoms with Gasteiger partial charge in [0.25, 0.3) is 6.71 Å². The summed E-state index contributed by atoms with van der Waals surface area (Å²) < 4.78 is 0. The van der Waals surface area contributed by atoms with E-state index in [0.29, 0.717) is 0 Å². The molecule has 13 aromatic carbocycles. The third-order valence-electron chi connectivity index (χ3n) is 20.4. The second-order valence-corrected chi connectivity index (χ2v) is 29.2.